The van der Waals surface area contributed by atoms with Crippen LogP contribution in [-0.2, 0) is 28.6 Å². The van der Waals surface area contributed by atoms with Crippen molar-refractivity contribution in [3.05, 3.63) is 0 Å². The van der Waals surface area contributed by atoms with Crippen LogP contribution in [0.4, 0.5) is 9.59 Å². The first-order valence-corrected chi connectivity index (χ1v) is 20.1. The van der Waals surface area contributed by atoms with E-state index >= 15 is 0 Å². The molecule has 0 fully saturated rings. The van der Waals surface area contributed by atoms with Crippen molar-refractivity contribution in [2.75, 3.05) is 37.9 Å². The molecule has 0 aliphatic rings. The molecule has 0 rings (SSSR count). The largest absolute Gasteiger partial charge is 0.466 e. The number of rotatable bonds is 26. The maximum absolute atomic E-state index is 13.4. The van der Waals surface area contributed by atoms with E-state index in [0.29, 0.717) is 50.3 Å². The number of nitrogens with one attached hydrogen (secondary N) is 2. The first-order chi connectivity index (χ1) is 22.5. The van der Waals surface area contributed by atoms with Crippen molar-refractivity contribution in [3.63, 3.8) is 0 Å². The molecule has 47 heavy (non-hydrogen) atoms. The van der Waals surface area contributed by atoms with Crippen LogP contribution in [-0.4, -0.2) is 72.9 Å². The number of hydrogen-bond donors (Lipinski definition) is 2. The molecule has 0 aliphatic heterocycles. The molecule has 1 atom stereocenters. The molecule has 2 N–H and O–H groups in total. The van der Waals surface area contributed by atoms with Crippen molar-refractivity contribution in [1.82, 2.24) is 15.8 Å². The Morgan fingerprint density at radius 2 is 1.17 bits per heavy atom. The van der Waals surface area contributed by atoms with E-state index in [4.69, 9.17) is 14.2 Å². The normalized spacial score (nSPS) is 12.4. The first kappa shape index (κ1) is 44.9. The minimum absolute atomic E-state index is 0.0822. The molecule has 1 unspecified atom stereocenters. The highest BCUT2D eigenvalue weighted by Gasteiger charge is 2.34. The third-order valence-corrected chi connectivity index (χ3v) is 10.0. The quantitative estimate of drug-likeness (QED) is 0.0299. The van der Waals surface area contributed by atoms with Crippen LogP contribution in [0.3, 0.4) is 0 Å². The van der Waals surface area contributed by atoms with Crippen molar-refractivity contribution >= 4 is 51.6 Å². The summed E-state index contributed by atoms with van der Waals surface area (Å²) in [5.74, 6) is -0.688. The highest BCUT2D eigenvalue weighted by Crippen LogP contribution is 2.29. The zero-order valence-electron chi connectivity index (χ0n) is 30.1. The summed E-state index contributed by atoms with van der Waals surface area (Å²) in [6.07, 6.45) is 8.55. The average Bonchev–Trinajstić information content (AvgIpc) is 3.03. The van der Waals surface area contributed by atoms with E-state index < -0.39 is 17.6 Å². The molecule has 0 aliphatic carbocycles. The lowest BCUT2D eigenvalue weighted by Crippen LogP contribution is -2.54. The summed E-state index contributed by atoms with van der Waals surface area (Å²) in [4.78, 5) is 63.9. The number of unbranched alkanes of at least 4 members (excludes halogenated alkanes) is 2. The van der Waals surface area contributed by atoms with Crippen LogP contribution < -0.4 is 10.7 Å². The van der Waals surface area contributed by atoms with E-state index in [-0.39, 0.29) is 49.3 Å². The highest BCUT2D eigenvalue weighted by molar-refractivity contribution is 8.76. The summed E-state index contributed by atoms with van der Waals surface area (Å²) in [6.45, 7) is 14.8. The molecule has 0 saturated heterocycles. The fourth-order valence-corrected chi connectivity index (χ4v) is 6.93. The van der Waals surface area contributed by atoms with Gasteiger partial charge in [0, 0.05) is 29.9 Å². The van der Waals surface area contributed by atoms with Gasteiger partial charge in [-0.05, 0) is 44.4 Å². The number of amides is 4. The van der Waals surface area contributed by atoms with Crippen LogP contribution in [0.1, 0.15) is 132 Å². The second-order valence-corrected chi connectivity index (χ2v) is 14.9. The monoisotopic (exact) mass is 705 g/mol. The second kappa shape index (κ2) is 27.8. The van der Waals surface area contributed by atoms with Crippen LogP contribution in [0.15, 0.2) is 0 Å². The van der Waals surface area contributed by atoms with Crippen molar-refractivity contribution in [1.29, 1.82) is 0 Å². The summed E-state index contributed by atoms with van der Waals surface area (Å²) in [7, 11) is 2.93. The van der Waals surface area contributed by atoms with Gasteiger partial charge in [0.1, 0.15) is 13.2 Å². The molecule has 0 aromatic rings. The Morgan fingerprint density at radius 1 is 0.681 bits per heavy atom. The van der Waals surface area contributed by atoms with Crippen molar-refractivity contribution in [3.8, 4) is 0 Å². The molecule has 0 saturated carbocycles. The third kappa shape index (κ3) is 20.7. The minimum atomic E-state index is -0.833. The van der Waals surface area contributed by atoms with Gasteiger partial charge >= 0.3 is 18.2 Å². The molecule has 0 heterocycles. The number of carbonyl (C=O) groups is 5. The lowest BCUT2D eigenvalue weighted by Gasteiger charge is -2.28. The maximum atomic E-state index is 13.4. The van der Waals surface area contributed by atoms with E-state index in [1.165, 1.54) is 21.6 Å². The van der Waals surface area contributed by atoms with Gasteiger partial charge in [0.2, 0.25) is 0 Å². The average molecular weight is 706 g/mol. The van der Waals surface area contributed by atoms with Crippen LogP contribution in [0.2, 0.25) is 0 Å². The molecule has 0 aromatic heterocycles. The number of carbonyl (C=O) groups excluding carboxylic acids is 5. The summed E-state index contributed by atoms with van der Waals surface area (Å²) < 4.78 is 15.7. The number of hydrogen-bond acceptors (Lipinski definition) is 10. The lowest BCUT2D eigenvalue weighted by atomic mass is 9.81. The number of nitrogens with zero attached hydrogens (tertiary/aromatic N) is 1. The maximum Gasteiger partial charge on any atom is 0.426 e. The summed E-state index contributed by atoms with van der Waals surface area (Å²) >= 11 is 0. The molecule has 13 heteroatoms. The Kier molecular flexibility index (Phi) is 26.5. The highest BCUT2D eigenvalue weighted by atomic mass is 33.1. The molecule has 0 spiro atoms. The van der Waals surface area contributed by atoms with Crippen molar-refractivity contribution in [2.24, 2.45) is 17.3 Å². The smallest absolute Gasteiger partial charge is 0.426 e. The molecule has 4 amide bonds. The molecule has 11 nitrogen and oxygen atoms in total. The Bertz CT molecular complexity index is 871. The van der Waals surface area contributed by atoms with Crippen LogP contribution in [0.5, 0.6) is 0 Å². The van der Waals surface area contributed by atoms with Crippen molar-refractivity contribution < 1.29 is 38.2 Å². The number of hydrazine groups is 1. The Labute approximate surface area is 291 Å². The number of ether oxygens (including phenoxy) is 3. The predicted molar refractivity (Wildman–Crippen MR) is 191 cm³/mol. The first-order valence-electron chi connectivity index (χ1n) is 17.6. The van der Waals surface area contributed by atoms with Crippen LogP contribution in [0.25, 0.3) is 0 Å². The van der Waals surface area contributed by atoms with Crippen LogP contribution >= 0.6 is 21.6 Å². The third-order valence-electron chi connectivity index (χ3n) is 7.69. The standard InChI is InChI=1S/C34H63N3O8S2/c1-8-14-15-20-34(7,25-29(38)43-13-6)26-35-32(41)44-21-23-46-47-24-22-45-33(42)36-37(30(39)27(16-9-2)17-10-3)31(40)28(18-11-4)19-12-5/h27-28H,8-26H2,1-7H3,(H,35,41)(H,36,42). The van der Waals surface area contributed by atoms with Gasteiger partial charge in [-0.1, -0.05) is 108 Å². The van der Waals surface area contributed by atoms with E-state index in [9.17, 15) is 24.0 Å². The number of alkyl carbamates (subject to hydrolysis) is 1. The van der Waals surface area contributed by atoms with Gasteiger partial charge in [-0.15, -0.1) is 0 Å². The molecular formula is C34H63N3O8S2. The van der Waals surface area contributed by atoms with Gasteiger partial charge in [-0.3, -0.25) is 14.4 Å². The topological polar surface area (TPSA) is 140 Å². The van der Waals surface area contributed by atoms with Crippen LogP contribution in [0, 0.1) is 17.3 Å². The minimum Gasteiger partial charge on any atom is -0.466 e. The lowest BCUT2D eigenvalue weighted by molar-refractivity contribution is -0.154. The Balaban J connectivity index is 4.71. The van der Waals surface area contributed by atoms with E-state index in [1.807, 2.05) is 34.6 Å². The second-order valence-electron chi connectivity index (χ2n) is 12.2. The van der Waals surface area contributed by atoms with E-state index in [2.05, 4.69) is 17.7 Å². The van der Waals surface area contributed by atoms with Gasteiger partial charge in [-0.2, -0.15) is 5.01 Å². The van der Waals surface area contributed by atoms with Gasteiger partial charge in [0.05, 0.1) is 13.0 Å². The van der Waals surface area contributed by atoms with E-state index in [1.54, 1.807) is 6.92 Å². The number of imide groups is 1. The fraction of sp³-hybridized carbons (Fsp3) is 0.853. The molecule has 0 aromatic carbocycles. The van der Waals surface area contributed by atoms with Crippen molar-refractivity contribution in [2.45, 2.75) is 132 Å². The van der Waals surface area contributed by atoms with Gasteiger partial charge in [0.15, 0.2) is 0 Å². The van der Waals surface area contributed by atoms with E-state index in [0.717, 1.165) is 56.4 Å². The molecule has 0 radical (unpaired) electrons. The number of esters is 1. The summed E-state index contributed by atoms with van der Waals surface area (Å²) in [5.41, 5.74) is 2.05. The zero-order valence-corrected chi connectivity index (χ0v) is 31.8. The summed E-state index contributed by atoms with van der Waals surface area (Å²) in [5, 5.41) is 3.71. The summed E-state index contributed by atoms with van der Waals surface area (Å²) in [6, 6.07) is 0. The molecular weight excluding hydrogens is 643 g/mol. The van der Waals surface area contributed by atoms with Gasteiger partial charge in [0.25, 0.3) is 11.8 Å². The molecule has 274 valence electrons. The zero-order chi connectivity index (χ0) is 35.5. The Morgan fingerprint density at radius 3 is 1.62 bits per heavy atom. The van der Waals surface area contributed by atoms with Gasteiger partial charge in [-0.25, -0.2) is 15.0 Å². The SMILES string of the molecule is CCCCCC(C)(CNC(=O)OCCSSCCOC(=O)NN(C(=O)C(CCC)CCC)C(=O)C(CCC)CCC)CC(=O)OCC. The predicted octanol–water partition coefficient (Wildman–Crippen LogP) is 8.06. The molecule has 0 bridgehead atoms. The Hall–Kier alpha value is -2.15. The fourth-order valence-electron chi connectivity index (χ4n) is 5.28. The van der Waals surface area contributed by atoms with Gasteiger partial charge < -0.3 is 19.5 Å².